The van der Waals surface area contributed by atoms with Crippen LogP contribution in [0.4, 0.5) is 0 Å². The second-order valence-electron chi connectivity index (χ2n) is 0.447. The van der Waals surface area contributed by atoms with E-state index >= 15 is 0 Å². The maximum atomic E-state index is 6.75. The molecule has 0 heterocycles. The molecule has 15 nitrogen and oxygen atoms in total. The zero-order valence-corrected chi connectivity index (χ0v) is 24.3. The molecule has 0 unspecified atom stereocenters. The Kier molecular flexibility index (Phi) is 363. The largest absolute Gasteiger partial charge is 2.00 e. The maximum Gasteiger partial charge on any atom is 2.00 e. The summed E-state index contributed by atoms with van der Waals surface area (Å²) in [7, 11) is 0. The molecule has 0 spiro atoms. The molecule has 0 aromatic heterocycles. The molecule has 0 aliphatic carbocycles. The van der Waals surface area contributed by atoms with E-state index in [4.69, 9.17) is 55.3 Å². The van der Waals surface area contributed by atoms with Crippen molar-refractivity contribution in [2.24, 2.45) is 0 Å². The fourth-order valence-electron chi connectivity index (χ4n) is 0. The van der Waals surface area contributed by atoms with E-state index in [1.165, 1.54) is 24.6 Å². The smallest absolute Gasteiger partial charge is 0.373 e. The minimum absolute atomic E-state index is 0. The van der Waals surface area contributed by atoms with Crippen LogP contribution in [-0.2, 0) is 0 Å². The fraction of sp³-hybridized carbons (Fsp3) is 0. The van der Waals surface area contributed by atoms with Crippen LogP contribution in [0.3, 0.4) is 0 Å². The van der Waals surface area contributed by atoms with Gasteiger partial charge in [-0.1, -0.05) is 0 Å². The summed E-state index contributed by atoms with van der Waals surface area (Å²) >= 11 is 0. The van der Waals surface area contributed by atoms with Crippen LogP contribution in [0.15, 0.2) is 0 Å². The van der Waals surface area contributed by atoms with Crippen LogP contribution < -0.4 is 68.9 Å². The number of hydrogen-bond donors (Lipinski definition) is 0. The Morgan fingerprint density at radius 2 is 0.333 bits per heavy atom. The molecule has 0 radical (unpaired) electrons. The summed E-state index contributed by atoms with van der Waals surface area (Å²) in [6.07, 6.45) is 0. The molecule has 80 valence electrons. The Morgan fingerprint density at radius 1 is 0.333 bits per heavy atom. The molecule has 0 bridgehead atoms. The van der Waals surface area contributed by atoms with Crippen LogP contribution in [0, 0.1) is 0 Å². The molecular formula is Ba2CsN15. The van der Waals surface area contributed by atoms with Gasteiger partial charge in [-0.3, -0.25) is 24.6 Å². The van der Waals surface area contributed by atoms with Gasteiger partial charge in [-0.05, 0) is 0 Å². The van der Waals surface area contributed by atoms with E-state index in [1.54, 1.807) is 0 Å². The van der Waals surface area contributed by atoms with Gasteiger partial charge < -0.3 is 55.3 Å². The number of hydrogen-bond acceptors (Lipinski definition) is 0. The molecule has 0 N–H and O–H groups in total. The van der Waals surface area contributed by atoms with Crippen LogP contribution in [0.5, 0.6) is 0 Å². The van der Waals surface area contributed by atoms with Gasteiger partial charge in [0, 0.05) is 0 Å². The Morgan fingerprint density at radius 3 is 0.333 bits per heavy atom. The van der Waals surface area contributed by atoms with Gasteiger partial charge >= 0.3 is 167 Å². The summed E-state index contributed by atoms with van der Waals surface area (Å²) < 4.78 is 0. The minimum Gasteiger partial charge on any atom is -0.373 e. The summed E-state index contributed by atoms with van der Waals surface area (Å²) in [6, 6.07) is 0. The standard InChI is InChI=1S/2Ba.Cs.5N3/c;;;5*1-3-2/q2*+2;+1;5*-1. The fourth-order valence-corrected chi connectivity index (χ4v) is 0. The van der Waals surface area contributed by atoms with Crippen LogP contribution in [0.1, 0.15) is 0 Å². The Balaban J connectivity index is -0.0000000111. The van der Waals surface area contributed by atoms with Crippen molar-refractivity contribution >= 4 is 97.8 Å². The van der Waals surface area contributed by atoms with Gasteiger partial charge in [0.15, 0.2) is 0 Å². The van der Waals surface area contributed by atoms with Gasteiger partial charge in [-0.2, -0.15) is 0 Å². The van der Waals surface area contributed by atoms with E-state index in [9.17, 15) is 0 Å². The van der Waals surface area contributed by atoms with Crippen molar-refractivity contribution in [1.29, 1.82) is 0 Å². The summed E-state index contributed by atoms with van der Waals surface area (Å²) in [4.78, 5) is 7.50. The van der Waals surface area contributed by atoms with E-state index in [0.717, 1.165) is 0 Å². The van der Waals surface area contributed by atoms with E-state index in [2.05, 4.69) is 0 Å². The van der Waals surface area contributed by atoms with Crippen molar-refractivity contribution < 1.29 is 68.9 Å². The van der Waals surface area contributed by atoms with Crippen LogP contribution in [-0.4, -0.2) is 97.8 Å². The number of rotatable bonds is 0. The average molecular weight is 618 g/mol. The molecule has 0 fully saturated rings. The monoisotopic (exact) mass is 619 g/mol. The van der Waals surface area contributed by atoms with Gasteiger partial charge in [0.1, 0.15) is 0 Å². The third-order valence-corrected chi connectivity index (χ3v) is 0. The zero-order chi connectivity index (χ0) is 13.5. The molecule has 0 aliphatic rings. The zero-order valence-electron chi connectivity index (χ0n) is 9.12. The van der Waals surface area contributed by atoms with Crippen molar-refractivity contribution in [2.45, 2.75) is 0 Å². The molecule has 0 aromatic rings. The molecule has 0 saturated carbocycles. The summed E-state index contributed by atoms with van der Waals surface area (Å²) in [5.41, 5.74) is 67.5. The topological polar surface area (TPSA) is 294 Å². The van der Waals surface area contributed by atoms with Gasteiger partial charge in [-0.25, -0.2) is 0 Å². The summed E-state index contributed by atoms with van der Waals surface area (Å²) in [5, 5.41) is 0. The Hall–Kier alpha value is 1.74. The molecule has 0 aromatic carbocycles. The maximum absolute atomic E-state index is 6.75. The van der Waals surface area contributed by atoms with E-state index in [0.29, 0.717) is 0 Å². The molecule has 0 aliphatic heterocycles. The van der Waals surface area contributed by atoms with Crippen molar-refractivity contribution in [2.75, 3.05) is 0 Å². The average Bonchev–Trinajstić information content (AvgIpc) is 2.09. The number of nitrogens with zero attached hydrogens (tertiary/aromatic N) is 15. The quantitative estimate of drug-likeness (QED) is 0.156. The molecule has 0 atom stereocenters. The first kappa shape index (κ1) is 50.3. The summed E-state index contributed by atoms with van der Waals surface area (Å²) in [5.74, 6) is 0. The normalized spacial score (nSPS) is 2.22. The third-order valence-electron chi connectivity index (χ3n) is 0. The van der Waals surface area contributed by atoms with E-state index in [-0.39, 0.29) is 167 Å². The van der Waals surface area contributed by atoms with Crippen molar-refractivity contribution in [3.8, 4) is 0 Å². The summed E-state index contributed by atoms with van der Waals surface area (Å²) in [6.45, 7) is 0. The van der Waals surface area contributed by atoms with Gasteiger partial charge in [0.05, 0.1) is 0 Å². The molecule has 0 amide bonds. The van der Waals surface area contributed by atoms with Crippen LogP contribution in [0.25, 0.3) is 79.9 Å². The second kappa shape index (κ2) is 130. The van der Waals surface area contributed by atoms with Gasteiger partial charge in [0.2, 0.25) is 0 Å². The van der Waals surface area contributed by atoms with Crippen molar-refractivity contribution in [1.82, 2.24) is 0 Å². The first-order valence-electron chi connectivity index (χ1n) is 2.00. The Bertz CT molecular complexity index is 189. The van der Waals surface area contributed by atoms with Gasteiger partial charge in [-0.15, -0.1) is 0 Å². The predicted octanol–water partition coefficient (Wildman–Crippen LogP) is 0.573. The Labute approximate surface area is 239 Å². The van der Waals surface area contributed by atoms with E-state index < -0.39 is 0 Å². The third kappa shape index (κ3) is 1630. The van der Waals surface area contributed by atoms with Crippen molar-refractivity contribution in [3.63, 3.8) is 0 Å². The molecular weight excluding hydrogens is 618 g/mol. The van der Waals surface area contributed by atoms with Crippen LogP contribution in [0.2, 0.25) is 0 Å². The predicted molar refractivity (Wildman–Crippen MR) is 61.9 cm³/mol. The molecule has 0 saturated heterocycles. The van der Waals surface area contributed by atoms with Crippen molar-refractivity contribution in [3.05, 3.63) is 79.9 Å². The van der Waals surface area contributed by atoms with Gasteiger partial charge in [0.25, 0.3) is 0 Å². The minimum atomic E-state index is 0. The first-order valence-corrected chi connectivity index (χ1v) is 2.00. The molecule has 18 heteroatoms. The molecule has 0 rings (SSSR count). The SMILES string of the molecule is [Ba+2].[Ba+2].[Cs+].[N-]=[N+]=[N-].[N-]=[N+]=[N-].[N-]=[N+]=[N-].[N-]=[N+]=[N-].[N-]=[N+]=[N-]. The molecule has 18 heavy (non-hydrogen) atoms. The van der Waals surface area contributed by atoms with Crippen LogP contribution >= 0.6 is 0 Å². The second-order valence-corrected chi connectivity index (χ2v) is 0.447. The first-order chi connectivity index (χ1) is 7.07. The van der Waals surface area contributed by atoms with E-state index in [1.807, 2.05) is 0 Å².